The van der Waals surface area contributed by atoms with Crippen LogP contribution in [0.4, 0.5) is 4.79 Å². The maximum absolute atomic E-state index is 14.6. The standard InChI is InChI=1S/C39H51N5O10S/c1-10-18-39(8,35(47)43-55(49,50)25-15-16-25)42-32(45)28-20-24(21-44(28)34(46)31(37(2,3)4)41-36(48)54-38(5,6)7)53-33-27-14-12-11-13-26(27)30(51-9)29(40-33)23-17-19-52-22-23/h10-14,17,19,22,24-25,28,31H,1,15-16,18,20-21H2,2-9H3,(H,41,48)(H,42,45)(H,43,47). The Balaban J connectivity index is 1.52. The normalized spacial score (nSPS) is 19.2. The van der Waals surface area contributed by atoms with E-state index in [-0.39, 0.29) is 25.3 Å². The zero-order valence-corrected chi connectivity index (χ0v) is 33.4. The number of hydrogen-bond acceptors (Lipinski definition) is 11. The number of sulfonamides is 1. The van der Waals surface area contributed by atoms with E-state index in [4.69, 9.17) is 23.6 Å². The number of pyridine rings is 1. The van der Waals surface area contributed by atoms with Crippen molar-refractivity contribution < 1.29 is 46.2 Å². The average molecular weight is 782 g/mol. The number of rotatable bonds is 13. The smallest absolute Gasteiger partial charge is 0.408 e. The Kier molecular flexibility index (Phi) is 11.6. The molecule has 2 aromatic heterocycles. The Morgan fingerprint density at radius 3 is 2.29 bits per heavy atom. The average Bonchev–Trinajstić information content (AvgIpc) is 3.66. The Morgan fingerprint density at radius 1 is 1.05 bits per heavy atom. The molecule has 298 valence electrons. The van der Waals surface area contributed by atoms with Gasteiger partial charge in [-0.05, 0) is 64.5 Å². The lowest BCUT2D eigenvalue weighted by molar-refractivity contribution is -0.143. The molecule has 55 heavy (non-hydrogen) atoms. The third kappa shape index (κ3) is 9.40. The highest BCUT2D eigenvalue weighted by molar-refractivity contribution is 7.91. The highest BCUT2D eigenvalue weighted by atomic mass is 32.2. The van der Waals surface area contributed by atoms with Crippen LogP contribution in [0.5, 0.6) is 11.6 Å². The summed E-state index contributed by atoms with van der Waals surface area (Å²) >= 11 is 0. The SMILES string of the molecule is C=CCC(C)(NC(=O)C1CC(Oc2nc(-c3ccoc3)c(OC)c3ccccc23)CN1C(=O)C(NC(=O)OC(C)(C)C)C(C)(C)C)C(=O)NS(=O)(=O)C1CC1. The summed E-state index contributed by atoms with van der Waals surface area (Å²) in [5.41, 5.74) is -2.36. The van der Waals surface area contributed by atoms with Gasteiger partial charge in [-0.15, -0.1) is 6.58 Å². The number of nitrogens with one attached hydrogen (secondary N) is 3. The first-order valence-corrected chi connectivity index (χ1v) is 19.7. The molecule has 3 aromatic rings. The van der Waals surface area contributed by atoms with Crippen molar-refractivity contribution in [3.63, 3.8) is 0 Å². The summed E-state index contributed by atoms with van der Waals surface area (Å²) in [6.07, 6.45) is 3.50. The van der Waals surface area contributed by atoms with Crippen LogP contribution in [0.1, 0.15) is 74.1 Å². The number of benzene rings is 1. The second-order valence-corrected chi connectivity index (χ2v) is 18.2. The molecule has 1 aromatic carbocycles. The van der Waals surface area contributed by atoms with Crippen molar-refractivity contribution in [2.24, 2.45) is 5.41 Å². The van der Waals surface area contributed by atoms with E-state index in [1.807, 2.05) is 24.3 Å². The van der Waals surface area contributed by atoms with Crippen molar-refractivity contribution in [3.05, 3.63) is 55.5 Å². The maximum atomic E-state index is 14.6. The second-order valence-electron chi connectivity index (χ2n) is 16.3. The molecule has 2 fully saturated rings. The van der Waals surface area contributed by atoms with Gasteiger partial charge in [-0.25, -0.2) is 18.2 Å². The van der Waals surface area contributed by atoms with Crippen molar-refractivity contribution in [1.82, 2.24) is 25.2 Å². The van der Waals surface area contributed by atoms with E-state index >= 15 is 0 Å². The quantitative estimate of drug-likeness (QED) is 0.201. The van der Waals surface area contributed by atoms with Crippen LogP contribution in [0.15, 0.2) is 59.9 Å². The molecule has 1 aliphatic heterocycles. The number of likely N-dealkylation sites (tertiary alicyclic amines) is 1. The minimum Gasteiger partial charge on any atom is -0.494 e. The van der Waals surface area contributed by atoms with Gasteiger partial charge in [-0.3, -0.25) is 19.1 Å². The molecular formula is C39H51N5O10S. The molecule has 1 saturated heterocycles. The number of fused-ring (bicyclic) bond motifs is 1. The zero-order chi connectivity index (χ0) is 40.5. The molecule has 0 spiro atoms. The third-order valence-corrected chi connectivity index (χ3v) is 11.2. The molecule has 3 heterocycles. The van der Waals surface area contributed by atoms with Crippen LogP contribution in [-0.2, 0) is 29.1 Å². The summed E-state index contributed by atoms with van der Waals surface area (Å²) in [6, 6.07) is 6.69. The Morgan fingerprint density at radius 2 is 1.73 bits per heavy atom. The largest absolute Gasteiger partial charge is 0.494 e. The summed E-state index contributed by atoms with van der Waals surface area (Å²) in [7, 11) is -2.41. The molecule has 1 saturated carbocycles. The van der Waals surface area contributed by atoms with Gasteiger partial charge in [0.25, 0.3) is 5.91 Å². The fourth-order valence-corrected chi connectivity index (χ4v) is 7.83. The Hall–Kier alpha value is -5.12. The third-order valence-electron chi connectivity index (χ3n) is 9.38. The van der Waals surface area contributed by atoms with Gasteiger partial charge < -0.3 is 34.2 Å². The number of methoxy groups -OCH3 is 1. The predicted molar refractivity (Wildman–Crippen MR) is 205 cm³/mol. The molecule has 15 nitrogen and oxygen atoms in total. The van der Waals surface area contributed by atoms with Crippen LogP contribution in [0.3, 0.4) is 0 Å². The van der Waals surface area contributed by atoms with Gasteiger partial charge in [0.15, 0.2) is 5.75 Å². The molecule has 1 aliphatic carbocycles. The predicted octanol–water partition coefficient (Wildman–Crippen LogP) is 4.85. The fourth-order valence-electron chi connectivity index (χ4n) is 6.42. The highest BCUT2D eigenvalue weighted by Gasteiger charge is 2.49. The van der Waals surface area contributed by atoms with E-state index in [2.05, 4.69) is 21.9 Å². The van der Waals surface area contributed by atoms with Gasteiger partial charge in [0.2, 0.25) is 27.7 Å². The number of furan rings is 1. The molecule has 2 aliphatic rings. The van der Waals surface area contributed by atoms with Crippen LogP contribution in [-0.4, -0.2) is 90.3 Å². The van der Waals surface area contributed by atoms with E-state index in [0.717, 1.165) is 0 Å². The first-order chi connectivity index (χ1) is 25.7. The maximum Gasteiger partial charge on any atom is 0.408 e. The lowest BCUT2D eigenvalue weighted by atomic mass is 9.85. The molecule has 0 radical (unpaired) electrons. The van der Waals surface area contributed by atoms with E-state index in [9.17, 15) is 27.6 Å². The van der Waals surface area contributed by atoms with Crippen molar-refractivity contribution in [1.29, 1.82) is 0 Å². The number of alkyl carbamates (subject to hydrolysis) is 1. The first-order valence-electron chi connectivity index (χ1n) is 18.1. The van der Waals surface area contributed by atoms with E-state index in [0.29, 0.717) is 40.6 Å². The number of carbonyl (C=O) groups is 4. The van der Waals surface area contributed by atoms with Crippen LogP contribution in [0, 0.1) is 5.41 Å². The molecule has 0 bridgehead atoms. The van der Waals surface area contributed by atoms with Gasteiger partial charge in [0, 0.05) is 22.8 Å². The van der Waals surface area contributed by atoms with Crippen molar-refractivity contribution in [3.8, 4) is 22.9 Å². The molecule has 4 atom stereocenters. The van der Waals surface area contributed by atoms with Crippen molar-refractivity contribution in [2.75, 3.05) is 13.7 Å². The number of nitrogens with zero attached hydrogens (tertiary/aromatic N) is 2. The van der Waals surface area contributed by atoms with E-state index < -0.39 is 73.8 Å². The van der Waals surface area contributed by atoms with Crippen molar-refractivity contribution >= 4 is 44.6 Å². The molecule has 4 amide bonds. The Labute approximate surface area is 321 Å². The summed E-state index contributed by atoms with van der Waals surface area (Å²) in [4.78, 5) is 61.6. The molecule has 16 heteroatoms. The Bertz CT molecular complexity index is 2050. The zero-order valence-electron chi connectivity index (χ0n) is 32.6. The first kappa shape index (κ1) is 41.1. The van der Waals surface area contributed by atoms with Gasteiger partial charge in [-0.2, -0.15) is 0 Å². The lowest BCUT2D eigenvalue weighted by Gasteiger charge is -2.36. The lowest BCUT2D eigenvalue weighted by Crippen LogP contribution is -2.62. The van der Waals surface area contributed by atoms with Gasteiger partial charge >= 0.3 is 6.09 Å². The summed E-state index contributed by atoms with van der Waals surface area (Å²) < 4.78 is 50.7. The second kappa shape index (κ2) is 15.6. The number of aromatic nitrogens is 1. The summed E-state index contributed by atoms with van der Waals surface area (Å²) in [5.74, 6) is -1.56. The number of amides is 4. The molecule has 5 rings (SSSR count). The monoisotopic (exact) mass is 781 g/mol. The van der Waals surface area contributed by atoms with Gasteiger partial charge in [0.05, 0.1) is 31.4 Å². The minimum atomic E-state index is -3.95. The van der Waals surface area contributed by atoms with Crippen molar-refractivity contribution in [2.45, 2.75) is 109 Å². The fraction of sp³-hybridized carbons (Fsp3) is 0.513. The number of ether oxygens (including phenoxy) is 3. The minimum absolute atomic E-state index is 0.0455. The summed E-state index contributed by atoms with van der Waals surface area (Å²) in [6.45, 7) is 15.4. The summed E-state index contributed by atoms with van der Waals surface area (Å²) in [5, 5.41) is 6.06. The van der Waals surface area contributed by atoms with E-state index in [1.54, 1.807) is 47.6 Å². The van der Waals surface area contributed by atoms with Crippen LogP contribution >= 0.6 is 0 Å². The van der Waals surface area contributed by atoms with Crippen LogP contribution in [0.2, 0.25) is 0 Å². The molecule has 4 unspecified atom stereocenters. The number of carbonyl (C=O) groups excluding carboxylic acids is 4. The van der Waals surface area contributed by atoms with Crippen LogP contribution in [0.25, 0.3) is 22.0 Å². The number of hydrogen-bond donors (Lipinski definition) is 3. The van der Waals surface area contributed by atoms with Crippen LogP contribution < -0.4 is 24.8 Å². The molecular weight excluding hydrogens is 731 g/mol. The van der Waals surface area contributed by atoms with Gasteiger partial charge in [-0.1, -0.05) is 45.0 Å². The topological polar surface area (TPSA) is 195 Å². The van der Waals surface area contributed by atoms with Gasteiger partial charge in [0.1, 0.15) is 35.0 Å². The molecule has 3 N–H and O–H groups in total. The van der Waals surface area contributed by atoms with E-state index in [1.165, 1.54) is 37.5 Å². The highest BCUT2D eigenvalue weighted by Crippen LogP contribution is 2.40.